The van der Waals surface area contributed by atoms with Crippen LogP contribution < -0.4 is 4.31 Å². The highest BCUT2D eigenvalue weighted by atomic mass is 32.2. The Morgan fingerprint density at radius 1 is 0.852 bits per heavy atom. The van der Waals surface area contributed by atoms with Gasteiger partial charge in [-0.15, -0.1) is 0 Å². The maximum absolute atomic E-state index is 13.4. The van der Waals surface area contributed by atoms with Gasteiger partial charge in [-0.05, 0) is 29.8 Å². The van der Waals surface area contributed by atoms with Crippen molar-refractivity contribution in [1.82, 2.24) is 0 Å². The number of nitrogens with zero attached hydrogens (tertiary/aromatic N) is 1. The first-order chi connectivity index (χ1) is 13.0. The van der Waals surface area contributed by atoms with Crippen molar-refractivity contribution in [2.75, 3.05) is 11.4 Å². The molecule has 0 heterocycles. The quantitative estimate of drug-likeness (QED) is 0.608. The average molecular weight is 381 g/mol. The van der Waals surface area contributed by atoms with Gasteiger partial charge in [0.2, 0.25) is 0 Å². The zero-order valence-electron chi connectivity index (χ0n) is 14.8. The monoisotopic (exact) mass is 381 g/mol. The molecule has 3 aromatic carbocycles. The first-order valence-corrected chi connectivity index (χ1v) is 9.77. The lowest BCUT2D eigenvalue weighted by molar-refractivity contribution is 0.0601. The topological polar surface area (TPSA) is 63.7 Å². The van der Waals surface area contributed by atoms with E-state index >= 15 is 0 Å². The molecule has 0 aliphatic rings. The van der Waals surface area contributed by atoms with Crippen LogP contribution in [0.4, 0.5) is 5.69 Å². The van der Waals surface area contributed by atoms with Gasteiger partial charge in [0.1, 0.15) is 0 Å². The summed E-state index contributed by atoms with van der Waals surface area (Å²) < 4.78 is 32.8. The van der Waals surface area contributed by atoms with Crippen molar-refractivity contribution in [3.8, 4) is 0 Å². The molecule has 0 radical (unpaired) electrons. The summed E-state index contributed by atoms with van der Waals surface area (Å²) >= 11 is 0. The molecule has 0 unspecified atom stereocenters. The number of para-hydroxylation sites is 1. The van der Waals surface area contributed by atoms with Gasteiger partial charge in [0, 0.05) is 0 Å². The van der Waals surface area contributed by atoms with E-state index in [2.05, 4.69) is 0 Å². The number of hydrogen-bond acceptors (Lipinski definition) is 4. The molecule has 0 atom stereocenters. The maximum Gasteiger partial charge on any atom is 0.340 e. The minimum Gasteiger partial charge on any atom is -0.465 e. The van der Waals surface area contributed by atoms with Crippen LogP contribution >= 0.6 is 0 Å². The molecule has 0 saturated heterocycles. The van der Waals surface area contributed by atoms with Gasteiger partial charge in [-0.25, -0.2) is 13.2 Å². The van der Waals surface area contributed by atoms with Crippen molar-refractivity contribution >= 4 is 21.7 Å². The summed E-state index contributed by atoms with van der Waals surface area (Å²) in [6.07, 6.45) is 0. The number of carbonyl (C=O) groups excluding carboxylic acids is 1. The van der Waals surface area contributed by atoms with Crippen molar-refractivity contribution in [2.45, 2.75) is 11.4 Å². The van der Waals surface area contributed by atoms with E-state index in [1.54, 1.807) is 42.5 Å². The molecular weight excluding hydrogens is 362 g/mol. The maximum atomic E-state index is 13.4. The lowest BCUT2D eigenvalue weighted by Crippen LogP contribution is -2.32. The van der Waals surface area contributed by atoms with Crippen LogP contribution in [-0.4, -0.2) is 21.5 Å². The van der Waals surface area contributed by atoms with E-state index in [1.807, 2.05) is 30.3 Å². The first-order valence-electron chi connectivity index (χ1n) is 8.33. The van der Waals surface area contributed by atoms with E-state index < -0.39 is 16.0 Å². The van der Waals surface area contributed by atoms with Crippen LogP contribution in [0.1, 0.15) is 15.9 Å². The van der Waals surface area contributed by atoms with Crippen molar-refractivity contribution in [3.63, 3.8) is 0 Å². The van der Waals surface area contributed by atoms with Crippen LogP contribution in [0.5, 0.6) is 0 Å². The number of esters is 1. The lowest BCUT2D eigenvalue weighted by Gasteiger charge is -2.26. The molecule has 0 fully saturated rings. The third-order valence-electron chi connectivity index (χ3n) is 4.08. The predicted molar refractivity (Wildman–Crippen MR) is 104 cm³/mol. The zero-order chi connectivity index (χ0) is 19.3. The second kappa shape index (κ2) is 8.05. The highest BCUT2D eigenvalue weighted by molar-refractivity contribution is 7.92. The Morgan fingerprint density at radius 2 is 1.41 bits per heavy atom. The summed E-state index contributed by atoms with van der Waals surface area (Å²) in [6, 6.07) is 23.9. The molecule has 0 aliphatic heterocycles. The molecule has 0 N–H and O–H groups in total. The Hall–Kier alpha value is -3.12. The van der Waals surface area contributed by atoms with E-state index in [0.29, 0.717) is 0 Å². The number of sulfonamides is 1. The standard InChI is InChI=1S/C21H19NO4S/c1-26-21(23)19-14-8-9-15-20(19)22(16-17-10-4-2-5-11-17)27(24,25)18-12-6-3-7-13-18/h2-15H,16H2,1H3. The van der Waals surface area contributed by atoms with E-state index in [9.17, 15) is 13.2 Å². The summed E-state index contributed by atoms with van der Waals surface area (Å²) in [5.41, 5.74) is 1.27. The molecular formula is C21H19NO4S. The molecule has 6 heteroatoms. The Bertz CT molecular complexity index is 1020. The summed E-state index contributed by atoms with van der Waals surface area (Å²) in [5.74, 6) is -0.591. The Labute approximate surface area is 158 Å². The molecule has 138 valence electrons. The fraction of sp³-hybridized carbons (Fsp3) is 0.0952. The fourth-order valence-corrected chi connectivity index (χ4v) is 4.24. The van der Waals surface area contributed by atoms with Gasteiger partial charge in [-0.1, -0.05) is 60.7 Å². The normalized spacial score (nSPS) is 11.0. The third-order valence-corrected chi connectivity index (χ3v) is 5.85. The molecule has 5 nitrogen and oxygen atoms in total. The van der Waals surface area contributed by atoms with Crippen LogP contribution in [0.3, 0.4) is 0 Å². The van der Waals surface area contributed by atoms with Crippen molar-refractivity contribution in [1.29, 1.82) is 0 Å². The SMILES string of the molecule is COC(=O)c1ccccc1N(Cc1ccccc1)S(=O)(=O)c1ccccc1. The largest absolute Gasteiger partial charge is 0.465 e. The fourth-order valence-electron chi connectivity index (χ4n) is 2.74. The number of anilines is 1. The molecule has 0 amide bonds. The Morgan fingerprint density at radius 3 is 2.04 bits per heavy atom. The number of carbonyl (C=O) groups is 1. The third kappa shape index (κ3) is 4.01. The molecule has 27 heavy (non-hydrogen) atoms. The Kier molecular flexibility index (Phi) is 5.57. The van der Waals surface area contributed by atoms with Crippen molar-refractivity contribution < 1.29 is 17.9 Å². The van der Waals surface area contributed by atoms with Crippen LogP contribution in [0.15, 0.2) is 89.8 Å². The molecule has 0 saturated carbocycles. The van der Waals surface area contributed by atoms with E-state index in [-0.39, 0.29) is 22.7 Å². The Balaban J connectivity index is 2.16. The molecule has 0 aromatic heterocycles. The minimum atomic E-state index is -3.89. The second-order valence-electron chi connectivity index (χ2n) is 5.82. The summed E-state index contributed by atoms with van der Waals surface area (Å²) in [5, 5.41) is 0. The lowest BCUT2D eigenvalue weighted by atomic mass is 10.1. The summed E-state index contributed by atoms with van der Waals surface area (Å²) in [7, 11) is -2.62. The van der Waals surface area contributed by atoms with Crippen molar-refractivity contribution in [3.05, 3.63) is 96.1 Å². The number of hydrogen-bond donors (Lipinski definition) is 0. The number of benzene rings is 3. The molecule has 0 spiro atoms. The predicted octanol–water partition coefficient (Wildman–Crippen LogP) is 3.87. The van der Waals surface area contributed by atoms with Crippen LogP contribution in [-0.2, 0) is 21.3 Å². The van der Waals surface area contributed by atoms with Gasteiger partial charge in [-0.3, -0.25) is 4.31 Å². The molecule has 0 bridgehead atoms. The van der Waals surface area contributed by atoms with Gasteiger partial charge in [-0.2, -0.15) is 0 Å². The summed E-state index contributed by atoms with van der Waals surface area (Å²) in [4.78, 5) is 12.4. The van der Waals surface area contributed by atoms with Gasteiger partial charge in [0.15, 0.2) is 0 Å². The number of ether oxygens (including phenoxy) is 1. The number of rotatable bonds is 6. The van der Waals surface area contributed by atoms with Gasteiger partial charge >= 0.3 is 5.97 Å². The van der Waals surface area contributed by atoms with Gasteiger partial charge in [0.05, 0.1) is 29.8 Å². The average Bonchev–Trinajstić information content (AvgIpc) is 2.73. The van der Waals surface area contributed by atoms with Gasteiger partial charge in [0.25, 0.3) is 10.0 Å². The van der Waals surface area contributed by atoms with E-state index in [0.717, 1.165) is 5.56 Å². The van der Waals surface area contributed by atoms with Crippen LogP contribution in [0.25, 0.3) is 0 Å². The first kappa shape index (κ1) is 18.7. The smallest absolute Gasteiger partial charge is 0.340 e. The number of methoxy groups -OCH3 is 1. The molecule has 3 aromatic rings. The van der Waals surface area contributed by atoms with Gasteiger partial charge < -0.3 is 4.74 Å². The summed E-state index contributed by atoms with van der Waals surface area (Å²) in [6.45, 7) is 0.0894. The zero-order valence-corrected chi connectivity index (χ0v) is 15.6. The molecule has 3 rings (SSSR count). The van der Waals surface area contributed by atoms with Crippen LogP contribution in [0, 0.1) is 0 Å². The second-order valence-corrected chi connectivity index (χ2v) is 7.68. The highest BCUT2D eigenvalue weighted by Crippen LogP contribution is 2.29. The molecule has 0 aliphatic carbocycles. The van der Waals surface area contributed by atoms with Crippen molar-refractivity contribution in [2.24, 2.45) is 0 Å². The minimum absolute atomic E-state index is 0.0894. The van der Waals surface area contributed by atoms with E-state index in [4.69, 9.17) is 4.74 Å². The highest BCUT2D eigenvalue weighted by Gasteiger charge is 2.28. The van der Waals surface area contributed by atoms with Crippen LogP contribution in [0.2, 0.25) is 0 Å². The van der Waals surface area contributed by atoms with E-state index in [1.165, 1.54) is 23.5 Å².